The van der Waals surface area contributed by atoms with Crippen molar-refractivity contribution in [3.63, 3.8) is 0 Å². The van der Waals surface area contributed by atoms with E-state index >= 15 is 0 Å². The van der Waals surface area contributed by atoms with Crippen molar-refractivity contribution in [1.29, 1.82) is 0 Å². The van der Waals surface area contributed by atoms with Crippen LogP contribution in [0.4, 0.5) is 5.82 Å². The fourth-order valence-corrected chi connectivity index (χ4v) is 1.01. The van der Waals surface area contributed by atoms with Gasteiger partial charge < -0.3 is 5.43 Å². The van der Waals surface area contributed by atoms with Gasteiger partial charge in [0.1, 0.15) is 0 Å². The lowest BCUT2D eigenvalue weighted by Crippen LogP contribution is -2.11. The number of hydrogen-bond acceptors (Lipinski definition) is 4. The molecule has 0 aliphatic heterocycles. The first kappa shape index (κ1) is 8.93. The minimum absolute atomic E-state index is 0.686. The summed E-state index contributed by atoms with van der Waals surface area (Å²) in [7, 11) is 0. The molecule has 4 nitrogen and oxygen atoms in total. The van der Waals surface area contributed by atoms with Crippen LogP contribution in [0.25, 0.3) is 0 Å². The normalized spacial score (nSPS) is 9.83. The van der Waals surface area contributed by atoms with Gasteiger partial charge in [0, 0.05) is 12.4 Å². The maximum Gasteiger partial charge on any atom is 0.161 e. The first-order chi connectivity index (χ1) is 5.88. The molecule has 0 spiro atoms. The summed E-state index contributed by atoms with van der Waals surface area (Å²) in [4.78, 5) is 8.23. The van der Waals surface area contributed by atoms with E-state index in [0.717, 1.165) is 25.0 Å². The maximum atomic E-state index is 5.27. The van der Waals surface area contributed by atoms with Crippen LogP contribution in [0.3, 0.4) is 0 Å². The molecule has 1 rings (SSSR count). The summed E-state index contributed by atoms with van der Waals surface area (Å²) in [6, 6.07) is 0. The molecule has 12 heavy (non-hydrogen) atoms. The zero-order valence-electron chi connectivity index (χ0n) is 7.25. The van der Waals surface area contributed by atoms with E-state index in [1.807, 2.05) is 0 Å². The number of nitrogens with zero attached hydrogens (tertiary/aromatic N) is 2. The molecule has 1 aromatic rings. The van der Waals surface area contributed by atoms with Crippen molar-refractivity contribution in [3.8, 4) is 0 Å². The molecule has 0 aliphatic carbocycles. The second-order valence-corrected chi connectivity index (χ2v) is 2.60. The highest BCUT2D eigenvalue weighted by Gasteiger charge is 2.01. The van der Waals surface area contributed by atoms with Gasteiger partial charge >= 0.3 is 0 Å². The molecule has 0 unspecified atom stereocenters. The summed E-state index contributed by atoms with van der Waals surface area (Å²) >= 11 is 0. The third-order valence-electron chi connectivity index (χ3n) is 1.68. The van der Waals surface area contributed by atoms with Gasteiger partial charge in [0.05, 0.1) is 5.69 Å². The van der Waals surface area contributed by atoms with Gasteiger partial charge in [-0.1, -0.05) is 13.3 Å². The molecule has 4 heteroatoms. The second-order valence-electron chi connectivity index (χ2n) is 2.60. The maximum absolute atomic E-state index is 5.27. The lowest BCUT2D eigenvalue weighted by atomic mass is 10.2. The summed E-state index contributed by atoms with van der Waals surface area (Å²) in [5.74, 6) is 5.96. The minimum Gasteiger partial charge on any atom is -0.307 e. The van der Waals surface area contributed by atoms with Gasteiger partial charge in [-0.15, -0.1) is 0 Å². The van der Waals surface area contributed by atoms with Crippen molar-refractivity contribution >= 4 is 5.82 Å². The molecular formula is C8H14N4. The van der Waals surface area contributed by atoms with Gasteiger partial charge in [-0.3, -0.25) is 4.98 Å². The molecule has 0 atom stereocenters. The number of rotatable bonds is 4. The van der Waals surface area contributed by atoms with E-state index in [1.165, 1.54) is 0 Å². The SMILES string of the molecule is CCCCc1nccnc1NN. The van der Waals surface area contributed by atoms with Crippen LogP contribution in [0, 0.1) is 0 Å². The first-order valence-corrected chi connectivity index (χ1v) is 4.15. The Bertz CT molecular complexity index is 236. The molecular weight excluding hydrogens is 152 g/mol. The number of hydrogen-bond donors (Lipinski definition) is 2. The van der Waals surface area contributed by atoms with Gasteiger partial charge in [0.2, 0.25) is 0 Å². The molecule has 0 amide bonds. The van der Waals surface area contributed by atoms with E-state index in [0.29, 0.717) is 5.82 Å². The van der Waals surface area contributed by atoms with Crippen LogP contribution >= 0.6 is 0 Å². The molecule has 0 bridgehead atoms. The van der Waals surface area contributed by atoms with Gasteiger partial charge in [0.15, 0.2) is 5.82 Å². The van der Waals surface area contributed by atoms with Crippen molar-refractivity contribution < 1.29 is 0 Å². The molecule has 0 saturated heterocycles. The second kappa shape index (κ2) is 4.66. The van der Waals surface area contributed by atoms with Crippen LogP contribution < -0.4 is 11.3 Å². The fourth-order valence-electron chi connectivity index (χ4n) is 1.01. The predicted molar refractivity (Wildman–Crippen MR) is 48.5 cm³/mol. The van der Waals surface area contributed by atoms with E-state index in [9.17, 15) is 0 Å². The smallest absolute Gasteiger partial charge is 0.161 e. The fraction of sp³-hybridized carbons (Fsp3) is 0.500. The molecule has 0 aromatic carbocycles. The average molecular weight is 166 g/mol. The van der Waals surface area contributed by atoms with Crippen molar-refractivity contribution in [1.82, 2.24) is 9.97 Å². The van der Waals surface area contributed by atoms with E-state index < -0.39 is 0 Å². The number of hydrazine groups is 1. The molecule has 0 saturated carbocycles. The van der Waals surface area contributed by atoms with E-state index in [2.05, 4.69) is 22.3 Å². The minimum atomic E-state index is 0.686. The molecule has 1 heterocycles. The standard InChI is InChI=1S/C8H14N4/c1-2-3-4-7-8(12-9)11-6-5-10-7/h5-6H,2-4,9H2,1H3,(H,11,12). The lowest BCUT2D eigenvalue weighted by molar-refractivity contribution is 0.773. The largest absolute Gasteiger partial charge is 0.307 e. The molecule has 66 valence electrons. The number of anilines is 1. The van der Waals surface area contributed by atoms with Crippen LogP contribution in [-0.2, 0) is 6.42 Å². The number of nitrogen functional groups attached to an aromatic ring is 1. The number of nitrogens with one attached hydrogen (secondary N) is 1. The van der Waals surface area contributed by atoms with Crippen LogP contribution in [-0.4, -0.2) is 9.97 Å². The van der Waals surface area contributed by atoms with Crippen molar-refractivity contribution in [2.75, 3.05) is 5.43 Å². The Balaban J connectivity index is 2.68. The molecule has 0 fully saturated rings. The van der Waals surface area contributed by atoms with Crippen molar-refractivity contribution in [2.45, 2.75) is 26.2 Å². The highest BCUT2D eigenvalue weighted by molar-refractivity contribution is 5.37. The Hall–Kier alpha value is -1.16. The third-order valence-corrected chi connectivity index (χ3v) is 1.68. The summed E-state index contributed by atoms with van der Waals surface area (Å²) in [6.07, 6.45) is 6.52. The quantitative estimate of drug-likeness (QED) is 0.519. The van der Waals surface area contributed by atoms with Crippen molar-refractivity contribution in [3.05, 3.63) is 18.1 Å². The number of unbranched alkanes of at least 4 members (excludes halogenated alkanes) is 1. The summed E-state index contributed by atoms with van der Waals surface area (Å²) in [5, 5.41) is 0. The molecule has 0 aliphatic rings. The van der Waals surface area contributed by atoms with Crippen LogP contribution in [0.5, 0.6) is 0 Å². The Morgan fingerprint density at radius 3 is 2.83 bits per heavy atom. The number of aromatic nitrogens is 2. The Kier molecular flexibility index (Phi) is 3.47. The first-order valence-electron chi connectivity index (χ1n) is 4.15. The molecule has 3 N–H and O–H groups in total. The summed E-state index contributed by atoms with van der Waals surface area (Å²) < 4.78 is 0. The van der Waals surface area contributed by atoms with Crippen LogP contribution in [0.2, 0.25) is 0 Å². The number of aryl methyl sites for hydroxylation is 1. The van der Waals surface area contributed by atoms with E-state index in [-0.39, 0.29) is 0 Å². The molecule has 0 radical (unpaired) electrons. The zero-order valence-corrected chi connectivity index (χ0v) is 7.25. The van der Waals surface area contributed by atoms with Gasteiger partial charge in [-0.05, 0) is 12.8 Å². The van der Waals surface area contributed by atoms with Gasteiger partial charge in [0.25, 0.3) is 0 Å². The number of nitrogens with two attached hydrogens (primary N) is 1. The van der Waals surface area contributed by atoms with E-state index in [4.69, 9.17) is 5.84 Å². The lowest BCUT2D eigenvalue weighted by Gasteiger charge is -2.04. The summed E-state index contributed by atoms with van der Waals surface area (Å²) in [5.41, 5.74) is 3.48. The third kappa shape index (κ3) is 2.17. The predicted octanol–water partition coefficient (Wildman–Crippen LogP) is 1.10. The Labute approximate surface area is 72.2 Å². The van der Waals surface area contributed by atoms with Crippen LogP contribution in [0.1, 0.15) is 25.5 Å². The summed E-state index contributed by atoms with van der Waals surface area (Å²) in [6.45, 7) is 2.14. The highest BCUT2D eigenvalue weighted by atomic mass is 15.3. The van der Waals surface area contributed by atoms with Crippen LogP contribution in [0.15, 0.2) is 12.4 Å². The van der Waals surface area contributed by atoms with Crippen molar-refractivity contribution in [2.24, 2.45) is 5.84 Å². The average Bonchev–Trinajstić information content (AvgIpc) is 2.15. The van der Waals surface area contributed by atoms with Gasteiger partial charge in [-0.25, -0.2) is 10.8 Å². The molecule has 1 aromatic heterocycles. The monoisotopic (exact) mass is 166 g/mol. The Morgan fingerprint density at radius 1 is 1.42 bits per heavy atom. The Morgan fingerprint density at radius 2 is 2.17 bits per heavy atom. The zero-order chi connectivity index (χ0) is 8.81. The van der Waals surface area contributed by atoms with Gasteiger partial charge in [-0.2, -0.15) is 0 Å². The highest BCUT2D eigenvalue weighted by Crippen LogP contribution is 2.09. The topological polar surface area (TPSA) is 63.8 Å². The van der Waals surface area contributed by atoms with E-state index in [1.54, 1.807) is 12.4 Å².